The normalized spacial score (nSPS) is 19.6. The van der Waals surface area contributed by atoms with Gasteiger partial charge in [0.25, 0.3) is 5.91 Å². The van der Waals surface area contributed by atoms with Crippen LogP contribution in [0.25, 0.3) is 5.69 Å². The van der Waals surface area contributed by atoms with E-state index in [2.05, 4.69) is 10.4 Å². The highest BCUT2D eigenvalue weighted by Crippen LogP contribution is 2.22. The molecule has 3 heterocycles. The Kier molecular flexibility index (Phi) is 6.77. The summed E-state index contributed by atoms with van der Waals surface area (Å²) in [6.07, 6.45) is 1.72. The topological polar surface area (TPSA) is 70.5 Å². The van der Waals surface area contributed by atoms with E-state index in [1.807, 2.05) is 24.8 Å². The zero-order valence-corrected chi connectivity index (χ0v) is 18.0. The molecule has 2 aliphatic heterocycles. The largest absolute Gasteiger partial charge is 0.337 e. The van der Waals surface area contributed by atoms with Gasteiger partial charge in [0.1, 0.15) is 11.5 Å². The minimum absolute atomic E-state index is 0. The predicted octanol–water partition coefficient (Wildman–Crippen LogP) is 2.09. The second-order valence-corrected chi connectivity index (χ2v) is 7.82. The summed E-state index contributed by atoms with van der Waals surface area (Å²) in [5, 5.41) is 7.39. The van der Waals surface area contributed by atoms with Crippen molar-refractivity contribution in [3.8, 4) is 5.69 Å². The standard InChI is InChI=1S/C21H26FN5O2.ClH/c1-14-10-15(2)27(24-14)19-6-5-16(11-18(19)22)21(29)25-8-3-4-17(13-25)26-9-7-23-12-20(26)28;/h5-6,10-11,17,23H,3-4,7-9,12-13H2,1-2H3;1H. The minimum atomic E-state index is -0.479. The molecule has 0 radical (unpaired) electrons. The number of benzene rings is 1. The van der Waals surface area contributed by atoms with E-state index in [9.17, 15) is 14.0 Å². The minimum Gasteiger partial charge on any atom is -0.337 e. The van der Waals surface area contributed by atoms with E-state index < -0.39 is 5.82 Å². The van der Waals surface area contributed by atoms with Gasteiger partial charge in [-0.05, 0) is 51.0 Å². The molecule has 2 aromatic rings. The second-order valence-electron chi connectivity index (χ2n) is 7.82. The number of nitrogens with zero attached hydrogens (tertiary/aromatic N) is 4. The van der Waals surface area contributed by atoms with Crippen LogP contribution in [0.4, 0.5) is 4.39 Å². The number of piperidine rings is 1. The van der Waals surface area contributed by atoms with Gasteiger partial charge in [-0.25, -0.2) is 9.07 Å². The summed E-state index contributed by atoms with van der Waals surface area (Å²) >= 11 is 0. The highest BCUT2D eigenvalue weighted by molar-refractivity contribution is 5.94. The third-order valence-corrected chi connectivity index (χ3v) is 5.68. The summed E-state index contributed by atoms with van der Waals surface area (Å²) in [5.74, 6) is -0.597. The van der Waals surface area contributed by atoms with Crippen LogP contribution in [0.2, 0.25) is 0 Å². The lowest BCUT2D eigenvalue weighted by Crippen LogP contribution is -2.57. The molecule has 2 amide bonds. The average Bonchev–Trinajstić information content (AvgIpc) is 3.05. The number of aryl methyl sites for hydroxylation is 2. The smallest absolute Gasteiger partial charge is 0.254 e. The van der Waals surface area contributed by atoms with Crippen LogP contribution in [0.3, 0.4) is 0 Å². The number of nitrogens with one attached hydrogen (secondary N) is 1. The van der Waals surface area contributed by atoms with Gasteiger partial charge in [-0.2, -0.15) is 5.10 Å². The Hall–Kier alpha value is -2.45. The fourth-order valence-electron chi connectivity index (χ4n) is 4.27. The SMILES string of the molecule is Cc1cc(C)n(-c2ccc(C(=O)N3CCCC(N4CCNCC4=O)C3)cc2F)n1.Cl. The number of halogens is 2. The molecule has 2 aliphatic rings. The number of aromatic nitrogens is 2. The van der Waals surface area contributed by atoms with Crippen LogP contribution in [0, 0.1) is 19.7 Å². The average molecular weight is 436 g/mol. The molecule has 0 saturated carbocycles. The van der Waals surface area contributed by atoms with Gasteiger partial charge < -0.3 is 15.1 Å². The van der Waals surface area contributed by atoms with Gasteiger partial charge >= 0.3 is 0 Å². The van der Waals surface area contributed by atoms with E-state index in [1.54, 1.807) is 21.7 Å². The Morgan fingerprint density at radius 3 is 2.70 bits per heavy atom. The molecule has 1 aromatic carbocycles. The number of piperazine rings is 1. The van der Waals surface area contributed by atoms with Crippen molar-refractivity contribution in [2.75, 3.05) is 32.7 Å². The summed E-state index contributed by atoms with van der Waals surface area (Å²) in [6, 6.07) is 6.44. The molecule has 1 atom stereocenters. The first-order valence-electron chi connectivity index (χ1n) is 10.1. The Morgan fingerprint density at radius 1 is 1.23 bits per heavy atom. The number of likely N-dealkylation sites (tertiary alicyclic amines) is 1. The number of hydrogen-bond acceptors (Lipinski definition) is 4. The second kappa shape index (κ2) is 9.14. The molecule has 0 spiro atoms. The van der Waals surface area contributed by atoms with Crippen molar-refractivity contribution in [2.24, 2.45) is 0 Å². The van der Waals surface area contributed by atoms with Crippen LogP contribution in [0.1, 0.15) is 34.6 Å². The van der Waals surface area contributed by atoms with Crippen molar-refractivity contribution in [1.82, 2.24) is 24.9 Å². The third-order valence-electron chi connectivity index (χ3n) is 5.68. The molecule has 0 bridgehead atoms. The van der Waals surface area contributed by atoms with Crippen LogP contribution in [-0.4, -0.2) is 70.2 Å². The number of carbonyl (C=O) groups excluding carboxylic acids is 2. The summed E-state index contributed by atoms with van der Waals surface area (Å²) in [4.78, 5) is 28.8. The van der Waals surface area contributed by atoms with Crippen molar-refractivity contribution >= 4 is 24.2 Å². The lowest BCUT2D eigenvalue weighted by molar-refractivity contribution is -0.135. The monoisotopic (exact) mass is 435 g/mol. The molecule has 0 aliphatic carbocycles. The van der Waals surface area contributed by atoms with Crippen LogP contribution >= 0.6 is 12.4 Å². The van der Waals surface area contributed by atoms with Gasteiger partial charge in [-0.15, -0.1) is 12.4 Å². The first-order chi connectivity index (χ1) is 13.9. The molecule has 1 unspecified atom stereocenters. The molecular weight excluding hydrogens is 409 g/mol. The molecule has 30 heavy (non-hydrogen) atoms. The Balaban J connectivity index is 0.00000256. The molecule has 2 fully saturated rings. The summed E-state index contributed by atoms with van der Waals surface area (Å²) in [7, 11) is 0. The van der Waals surface area contributed by atoms with Crippen molar-refractivity contribution in [3.05, 3.63) is 47.0 Å². The molecular formula is C21H27ClFN5O2. The van der Waals surface area contributed by atoms with Gasteiger partial charge in [0.15, 0.2) is 0 Å². The maximum Gasteiger partial charge on any atom is 0.254 e. The zero-order valence-electron chi connectivity index (χ0n) is 17.2. The van der Waals surface area contributed by atoms with Gasteiger partial charge in [0.2, 0.25) is 5.91 Å². The van der Waals surface area contributed by atoms with E-state index in [-0.39, 0.29) is 30.3 Å². The molecule has 9 heteroatoms. The molecule has 162 valence electrons. The van der Waals surface area contributed by atoms with Gasteiger partial charge in [0, 0.05) is 43.5 Å². The first kappa shape index (κ1) is 22.2. The molecule has 1 aromatic heterocycles. The third kappa shape index (κ3) is 4.34. The number of amides is 2. The molecule has 2 saturated heterocycles. The molecule has 4 rings (SSSR count). The maximum absolute atomic E-state index is 14.8. The number of carbonyl (C=O) groups is 2. The van der Waals surface area contributed by atoms with Crippen molar-refractivity contribution in [2.45, 2.75) is 32.7 Å². The highest BCUT2D eigenvalue weighted by Gasteiger charge is 2.32. The van der Waals surface area contributed by atoms with Crippen molar-refractivity contribution in [1.29, 1.82) is 0 Å². The van der Waals surface area contributed by atoms with Crippen molar-refractivity contribution in [3.63, 3.8) is 0 Å². The fraction of sp³-hybridized carbons (Fsp3) is 0.476. The van der Waals surface area contributed by atoms with E-state index in [1.165, 1.54) is 6.07 Å². The Labute approximate surface area is 181 Å². The predicted molar refractivity (Wildman–Crippen MR) is 114 cm³/mol. The fourth-order valence-corrected chi connectivity index (χ4v) is 4.27. The number of hydrogen-bond donors (Lipinski definition) is 1. The van der Waals surface area contributed by atoms with Crippen LogP contribution < -0.4 is 5.32 Å². The molecule has 1 N–H and O–H groups in total. The van der Waals surface area contributed by atoms with E-state index >= 15 is 0 Å². The summed E-state index contributed by atoms with van der Waals surface area (Å²) < 4.78 is 16.3. The quantitative estimate of drug-likeness (QED) is 0.801. The Bertz CT molecular complexity index is 947. The molecule has 7 nitrogen and oxygen atoms in total. The first-order valence-corrected chi connectivity index (χ1v) is 10.1. The lowest BCUT2D eigenvalue weighted by Gasteiger charge is -2.41. The van der Waals surface area contributed by atoms with E-state index in [0.29, 0.717) is 37.4 Å². The summed E-state index contributed by atoms with van der Waals surface area (Å²) in [6.45, 7) is 6.62. The lowest BCUT2D eigenvalue weighted by atomic mass is 10.0. The van der Waals surface area contributed by atoms with E-state index in [4.69, 9.17) is 0 Å². The van der Waals surface area contributed by atoms with Gasteiger partial charge in [0.05, 0.1) is 12.2 Å². The van der Waals surface area contributed by atoms with E-state index in [0.717, 1.165) is 30.8 Å². The number of rotatable bonds is 3. The summed E-state index contributed by atoms with van der Waals surface area (Å²) in [5.41, 5.74) is 2.29. The zero-order chi connectivity index (χ0) is 20.5. The van der Waals surface area contributed by atoms with Crippen LogP contribution in [0.15, 0.2) is 24.3 Å². The van der Waals surface area contributed by atoms with Gasteiger partial charge in [-0.1, -0.05) is 0 Å². The van der Waals surface area contributed by atoms with Crippen LogP contribution in [0.5, 0.6) is 0 Å². The maximum atomic E-state index is 14.8. The highest BCUT2D eigenvalue weighted by atomic mass is 35.5. The Morgan fingerprint density at radius 2 is 2.03 bits per heavy atom. The van der Waals surface area contributed by atoms with Crippen LogP contribution in [-0.2, 0) is 4.79 Å². The van der Waals surface area contributed by atoms with Crippen molar-refractivity contribution < 1.29 is 14.0 Å². The van der Waals surface area contributed by atoms with Gasteiger partial charge in [-0.3, -0.25) is 9.59 Å².